The Hall–Kier alpha value is -1.42. The van der Waals surface area contributed by atoms with Crippen molar-refractivity contribution in [1.29, 1.82) is 0 Å². The van der Waals surface area contributed by atoms with Crippen molar-refractivity contribution in [3.05, 3.63) is 35.6 Å². The van der Waals surface area contributed by atoms with Crippen LogP contribution in [0.2, 0.25) is 0 Å². The quantitative estimate of drug-likeness (QED) is 0.902. The number of ether oxygens (including phenoxy) is 1. The molecule has 3 rings (SSSR count). The van der Waals surface area contributed by atoms with Crippen molar-refractivity contribution in [3.63, 3.8) is 0 Å². The summed E-state index contributed by atoms with van der Waals surface area (Å²) in [7, 11) is 0. The lowest BCUT2D eigenvalue weighted by molar-refractivity contribution is -0.124. The predicted octanol–water partition coefficient (Wildman–Crippen LogP) is 2.96. The van der Waals surface area contributed by atoms with E-state index in [-0.39, 0.29) is 30.0 Å². The fourth-order valence-corrected chi connectivity index (χ4v) is 3.60. The molecule has 1 saturated heterocycles. The Labute approximate surface area is 118 Å². The van der Waals surface area contributed by atoms with Crippen LogP contribution in [0.25, 0.3) is 0 Å². The number of amides is 1. The summed E-state index contributed by atoms with van der Waals surface area (Å²) in [6, 6.07) is 6.72. The standard InChI is InChI=1S/C16H20FNO2/c1-10(19)18-14-9-16(11-4-2-5-12(17)8-11)20-15-7-3-6-13(14)15/h2,4-5,8,13-16H,3,6-7,9H2,1H3,(H,18,19)/t13-,14+,15+,16+/m0/s1. The number of rotatable bonds is 2. The molecule has 2 aliphatic rings. The number of hydrogen-bond acceptors (Lipinski definition) is 2. The van der Waals surface area contributed by atoms with Crippen LogP contribution in [-0.4, -0.2) is 18.1 Å². The first-order chi connectivity index (χ1) is 9.63. The van der Waals surface area contributed by atoms with Gasteiger partial charge in [0.25, 0.3) is 0 Å². The van der Waals surface area contributed by atoms with E-state index in [1.807, 2.05) is 6.07 Å². The van der Waals surface area contributed by atoms with Crippen molar-refractivity contribution in [1.82, 2.24) is 5.32 Å². The molecule has 1 aliphatic carbocycles. The van der Waals surface area contributed by atoms with E-state index < -0.39 is 0 Å². The van der Waals surface area contributed by atoms with Crippen LogP contribution in [0.1, 0.15) is 44.3 Å². The molecule has 4 heteroatoms. The Balaban J connectivity index is 1.81. The Morgan fingerprint density at radius 3 is 3.00 bits per heavy atom. The van der Waals surface area contributed by atoms with E-state index in [9.17, 15) is 9.18 Å². The third-order valence-electron chi connectivity index (χ3n) is 4.44. The van der Waals surface area contributed by atoms with Gasteiger partial charge in [-0.1, -0.05) is 18.6 Å². The molecular weight excluding hydrogens is 257 g/mol. The zero-order valence-electron chi connectivity index (χ0n) is 11.6. The van der Waals surface area contributed by atoms with Crippen molar-refractivity contribution in [2.24, 2.45) is 5.92 Å². The third-order valence-corrected chi connectivity index (χ3v) is 4.44. The topological polar surface area (TPSA) is 38.3 Å². The highest BCUT2D eigenvalue weighted by molar-refractivity contribution is 5.73. The van der Waals surface area contributed by atoms with Crippen molar-refractivity contribution in [3.8, 4) is 0 Å². The molecule has 0 radical (unpaired) electrons. The summed E-state index contributed by atoms with van der Waals surface area (Å²) in [4.78, 5) is 11.4. The summed E-state index contributed by atoms with van der Waals surface area (Å²) in [6.07, 6.45) is 4.07. The van der Waals surface area contributed by atoms with Crippen LogP contribution < -0.4 is 5.32 Å². The van der Waals surface area contributed by atoms with Crippen LogP contribution in [0, 0.1) is 11.7 Å². The number of hydrogen-bond donors (Lipinski definition) is 1. The van der Waals surface area contributed by atoms with E-state index in [1.54, 1.807) is 13.0 Å². The minimum atomic E-state index is -0.240. The maximum atomic E-state index is 13.4. The maximum absolute atomic E-state index is 13.4. The SMILES string of the molecule is CC(=O)N[C@@H]1C[C@H](c2cccc(F)c2)O[C@@H]2CCC[C@@H]12. The number of carbonyl (C=O) groups is 1. The van der Waals surface area contributed by atoms with E-state index in [0.29, 0.717) is 5.92 Å². The summed E-state index contributed by atoms with van der Waals surface area (Å²) in [5.74, 6) is 0.167. The van der Waals surface area contributed by atoms with Crippen molar-refractivity contribution < 1.29 is 13.9 Å². The number of carbonyl (C=O) groups excluding carboxylic acids is 1. The zero-order chi connectivity index (χ0) is 14.1. The van der Waals surface area contributed by atoms with E-state index in [1.165, 1.54) is 12.1 Å². The van der Waals surface area contributed by atoms with Gasteiger partial charge in [0, 0.05) is 18.9 Å². The molecule has 0 spiro atoms. The Morgan fingerprint density at radius 2 is 2.25 bits per heavy atom. The lowest BCUT2D eigenvalue weighted by Crippen LogP contribution is -2.47. The van der Waals surface area contributed by atoms with E-state index in [4.69, 9.17) is 4.74 Å². The molecule has 3 nitrogen and oxygen atoms in total. The van der Waals surface area contributed by atoms with E-state index in [0.717, 1.165) is 31.2 Å². The van der Waals surface area contributed by atoms with Crippen molar-refractivity contribution in [2.75, 3.05) is 0 Å². The van der Waals surface area contributed by atoms with Crippen LogP contribution in [0.15, 0.2) is 24.3 Å². The molecular formula is C16H20FNO2. The van der Waals surface area contributed by atoms with Gasteiger partial charge in [0.15, 0.2) is 0 Å². The molecule has 4 atom stereocenters. The molecule has 0 unspecified atom stereocenters. The fourth-order valence-electron chi connectivity index (χ4n) is 3.60. The van der Waals surface area contributed by atoms with E-state index >= 15 is 0 Å². The Kier molecular flexibility index (Phi) is 3.74. The number of benzene rings is 1. The highest BCUT2D eigenvalue weighted by atomic mass is 19.1. The maximum Gasteiger partial charge on any atom is 0.217 e. The van der Waals surface area contributed by atoms with Crippen LogP contribution >= 0.6 is 0 Å². The first kappa shape index (κ1) is 13.6. The highest BCUT2D eigenvalue weighted by Gasteiger charge is 2.42. The van der Waals surface area contributed by atoms with Gasteiger partial charge in [0.1, 0.15) is 5.82 Å². The normalized spacial score (nSPS) is 32.7. The summed E-state index contributed by atoms with van der Waals surface area (Å²) in [6.45, 7) is 1.55. The predicted molar refractivity (Wildman–Crippen MR) is 73.6 cm³/mol. The van der Waals surface area contributed by atoms with Gasteiger partial charge in [-0.3, -0.25) is 4.79 Å². The Bertz CT molecular complexity index is 505. The molecule has 1 amide bonds. The van der Waals surface area contributed by atoms with Gasteiger partial charge in [0.05, 0.1) is 12.2 Å². The molecule has 1 aromatic carbocycles. The summed E-state index contributed by atoms with van der Waals surface area (Å²) in [5.41, 5.74) is 0.866. The minimum Gasteiger partial charge on any atom is -0.370 e. The number of halogens is 1. The van der Waals surface area contributed by atoms with Crippen LogP contribution in [0.4, 0.5) is 4.39 Å². The van der Waals surface area contributed by atoms with Crippen molar-refractivity contribution in [2.45, 2.75) is 50.9 Å². The van der Waals surface area contributed by atoms with E-state index in [2.05, 4.69) is 5.32 Å². The molecule has 1 aromatic rings. The first-order valence-corrected chi connectivity index (χ1v) is 7.31. The molecule has 1 N–H and O–H groups in total. The van der Waals surface area contributed by atoms with Gasteiger partial charge in [-0.15, -0.1) is 0 Å². The zero-order valence-corrected chi connectivity index (χ0v) is 11.6. The average Bonchev–Trinajstić information content (AvgIpc) is 2.86. The van der Waals surface area contributed by atoms with Crippen LogP contribution in [0.3, 0.4) is 0 Å². The van der Waals surface area contributed by atoms with Crippen molar-refractivity contribution >= 4 is 5.91 Å². The first-order valence-electron chi connectivity index (χ1n) is 7.31. The third kappa shape index (κ3) is 2.70. The second kappa shape index (κ2) is 5.52. The van der Waals surface area contributed by atoms with Gasteiger partial charge in [-0.2, -0.15) is 0 Å². The number of fused-ring (bicyclic) bond motifs is 1. The van der Waals surface area contributed by atoms with Gasteiger partial charge >= 0.3 is 0 Å². The van der Waals surface area contributed by atoms with Crippen LogP contribution in [-0.2, 0) is 9.53 Å². The minimum absolute atomic E-state index is 0.000502. The lowest BCUT2D eigenvalue weighted by atomic mass is 9.86. The molecule has 20 heavy (non-hydrogen) atoms. The second-order valence-electron chi connectivity index (χ2n) is 5.86. The lowest BCUT2D eigenvalue weighted by Gasteiger charge is -2.39. The van der Waals surface area contributed by atoms with Gasteiger partial charge in [-0.05, 0) is 37.0 Å². The monoisotopic (exact) mass is 277 g/mol. The highest BCUT2D eigenvalue weighted by Crippen LogP contribution is 2.42. The average molecular weight is 277 g/mol. The second-order valence-corrected chi connectivity index (χ2v) is 5.86. The molecule has 2 fully saturated rings. The molecule has 108 valence electrons. The van der Waals surface area contributed by atoms with Crippen LogP contribution in [0.5, 0.6) is 0 Å². The molecule has 0 aromatic heterocycles. The smallest absolute Gasteiger partial charge is 0.217 e. The Morgan fingerprint density at radius 1 is 1.40 bits per heavy atom. The fraction of sp³-hybridized carbons (Fsp3) is 0.562. The molecule has 1 aliphatic heterocycles. The molecule has 0 bridgehead atoms. The molecule has 1 saturated carbocycles. The summed E-state index contributed by atoms with van der Waals surface area (Å²) in [5, 5.41) is 3.05. The summed E-state index contributed by atoms with van der Waals surface area (Å²) < 4.78 is 19.5. The van der Waals surface area contributed by atoms with Gasteiger partial charge in [-0.25, -0.2) is 4.39 Å². The number of nitrogens with one attached hydrogen (secondary N) is 1. The molecule has 1 heterocycles. The largest absolute Gasteiger partial charge is 0.370 e. The summed E-state index contributed by atoms with van der Waals surface area (Å²) >= 11 is 0. The van der Waals surface area contributed by atoms with Gasteiger partial charge < -0.3 is 10.1 Å². The van der Waals surface area contributed by atoms with Gasteiger partial charge in [0.2, 0.25) is 5.91 Å².